The molecule has 1 aliphatic heterocycles. The van der Waals surface area contributed by atoms with Crippen molar-refractivity contribution < 1.29 is 27.2 Å². The largest absolute Gasteiger partial charge is 0.464 e. The highest BCUT2D eigenvalue weighted by atomic mass is 19.4. The van der Waals surface area contributed by atoms with Crippen molar-refractivity contribution in [1.29, 1.82) is 0 Å². The number of aryl methyl sites for hydroxylation is 1. The molecule has 150 valence electrons. The Hall–Kier alpha value is -2.77. The predicted molar refractivity (Wildman–Crippen MR) is 94.9 cm³/mol. The molecule has 2 aromatic rings. The molecule has 0 aliphatic carbocycles. The minimum Gasteiger partial charge on any atom is -0.464 e. The summed E-state index contributed by atoms with van der Waals surface area (Å²) in [6.07, 6.45) is -4.38. The van der Waals surface area contributed by atoms with E-state index < -0.39 is 17.7 Å². The molecule has 0 N–H and O–H groups in total. The summed E-state index contributed by atoms with van der Waals surface area (Å²) < 4.78 is 44.0. The Morgan fingerprint density at radius 1 is 1.29 bits per heavy atom. The van der Waals surface area contributed by atoms with Gasteiger partial charge in [0.05, 0.1) is 18.0 Å². The Balaban J connectivity index is 1.62. The summed E-state index contributed by atoms with van der Waals surface area (Å²) in [6.45, 7) is 2.35. The van der Waals surface area contributed by atoms with E-state index in [9.17, 15) is 22.8 Å². The van der Waals surface area contributed by atoms with Crippen LogP contribution in [0.3, 0.4) is 0 Å². The molecule has 1 saturated heterocycles. The summed E-state index contributed by atoms with van der Waals surface area (Å²) in [5, 5.41) is 0. The first-order valence-electron chi connectivity index (χ1n) is 8.87. The summed E-state index contributed by atoms with van der Waals surface area (Å²) in [5.41, 5.74) is -0.367. The summed E-state index contributed by atoms with van der Waals surface area (Å²) >= 11 is 0. The highest BCUT2D eigenvalue weighted by Crippen LogP contribution is 2.30. The van der Waals surface area contributed by atoms with Gasteiger partial charge in [0.15, 0.2) is 0 Å². The molecule has 1 aromatic carbocycles. The maximum atomic E-state index is 12.9. The quantitative estimate of drug-likeness (QED) is 0.779. The van der Waals surface area contributed by atoms with Crippen molar-refractivity contribution in [3.63, 3.8) is 0 Å². The van der Waals surface area contributed by atoms with E-state index in [2.05, 4.69) is 0 Å². The van der Waals surface area contributed by atoms with E-state index in [1.165, 1.54) is 15.9 Å². The van der Waals surface area contributed by atoms with Gasteiger partial charge in [0.25, 0.3) is 0 Å². The highest BCUT2D eigenvalue weighted by Gasteiger charge is 2.36. The number of carbonyl (C=O) groups is 2. The van der Waals surface area contributed by atoms with E-state index in [1.807, 2.05) is 13.0 Å². The zero-order valence-corrected chi connectivity index (χ0v) is 15.6. The molecule has 5 nitrogen and oxygen atoms in total. The Kier molecular flexibility index (Phi) is 5.49. The first-order chi connectivity index (χ1) is 13.1. The molecule has 2 amide bonds. The van der Waals surface area contributed by atoms with Crippen LogP contribution in [0.5, 0.6) is 0 Å². The minimum atomic E-state index is -4.43. The smallest absolute Gasteiger partial charge is 0.416 e. The maximum absolute atomic E-state index is 12.9. The molecule has 1 atom stereocenters. The zero-order chi connectivity index (χ0) is 20.5. The Labute approximate surface area is 160 Å². The van der Waals surface area contributed by atoms with Crippen LogP contribution in [0.4, 0.5) is 13.2 Å². The molecule has 2 heterocycles. The van der Waals surface area contributed by atoms with Gasteiger partial charge in [0.2, 0.25) is 11.8 Å². The van der Waals surface area contributed by atoms with Crippen LogP contribution in [-0.4, -0.2) is 35.2 Å². The molecule has 28 heavy (non-hydrogen) atoms. The zero-order valence-electron chi connectivity index (χ0n) is 15.6. The summed E-state index contributed by atoms with van der Waals surface area (Å²) in [5.74, 6) is 0.462. The Morgan fingerprint density at radius 3 is 2.68 bits per heavy atom. The lowest BCUT2D eigenvalue weighted by molar-refractivity contribution is -0.137. The van der Waals surface area contributed by atoms with Gasteiger partial charge < -0.3 is 14.2 Å². The lowest BCUT2D eigenvalue weighted by Gasteiger charge is -2.21. The number of halogens is 3. The van der Waals surface area contributed by atoms with Gasteiger partial charge >= 0.3 is 6.18 Å². The number of carbonyl (C=O) groups excluding carboxylic acids is 2. The minimum absolute atomic E-state index is 0.0492. The van der Waals surface area contributed by atoms with E-state index in [-0.39, 0.29) is 31.3 Å². The average molecular weight is 394 g/mol. The van der Waals surface area contributed by atoms with Gasteiger partial charge in [-0.3, -0.25) is 9.59 Å². The lowest BCUT2D eigenvalue weighted by atomic mass is 10.1. The second-order valence-electron chi connectivity index (χ2n) is 7.08. The van der Waals surface area contributed by atoms with E-state index in [1.54, 1.807) is 19.2 Å². The van der Waals surface area contributed by atoms with Crippen molar-refractivity contribution in [3.05, 3.63) is 59.0 Å². The standard InChI is InChI=1S/C20H21F3N2O3/c1-13-6-7-17(28-13)12-24(2)19(27)15-9-18(26)25(11-15)10-14-4-3-5-16(8-14)20(21,22)23/h3-8,15H,9-12H2,1-2H3/t15-/m0/s1. The number of hydrogen-bond donors (Lipinski definition) is 0. The number of likely N-dealkylation sites (tertiary alicyclic amines) is 1. The van der Waals surface area contributed by atoms with Crippen LogP contribution < -0.4 is 0 Å². The van der Waals surface area contributed by atoms with Crippen molar-refractivity contribution in [3.8, 4) is 0 Å². The molecule has 0 bridgehead atoms. The number of hydrogen-bond acceptors (Lipinski definition) is 3. The fourth-order valence-corrected chi connectivity index (χ4v) is 3.35. The van der Waals surface area contributed by atoms with Gasteiger partial charge in [-0.2, -0.15) is 13.2 Å². The molecule has 1 fully saturated rings. The normalized spacial score (nSPS) is 17.2. The summed E-state index contributed by atoms with van der Waals surface area (Å²) in [6, 6.07) is 8.49. The molecule has 0 radical (unpaired) electrons. The average Bonchev–Trinajstić information content (AvgIpc) is 3.19. The third-order valence-corrected chi connectivity index (χ3v) is 4.76. The van der Waals surface area contributed by atoms with Gasteiger partial charge in [0, 0.05) is 26.6 Å². The van der Waals surface area contributed by atoms with Crippen LogP contribution >= 0.6 is 0 Å². The number of rotatable bonds is 5. The van der Waals surface area contributed by atoms with Crippen LogP contribution in [0.2, 0.25) is 0 Å². The molecule has 0 unspecified atom stereocenters. The lowest BCUT2D eigenvalue weighted by Crippen LogP contribution is -2.34. The predicted octanol–water partition coefficient (Wildman–Crippen LogP) is 3.61. The van der Waals surface area contributed by atoms with Gasteiger partial charge in [-0.15, -0.1) is 0 Å². The Bertz CT molecular complexity index is 876. The Morgan fingerprint density at radius 2 is 2.04 bits per heavy atom. The molecule has 8 heteroatoms. The summed E-state index contributed by atoms with van der Waals surface area (Å²) in [7, 11) is 1.64. The van der Waals surface area contributed by atoms with Gasteiger partial charge in [-0.05, 0) is 36.8 Å². The van der Waals surface area contributed by atoms with E-state index in [0.717, 1.165) is 17.9 Å². The van der Waals surface area contributed by atoms with E-state index in [4.69, 9.17) is 4.42 Å². The fourth-order valence-electron chi connectivity index (χ4n) is 3.35. The van der Waals surface area contributed by atoms with Crippen molar-refractivity contribution in [1.82, 2.24) is 9.80 Å². The van der Waals surface area contributed by atoms with Crippen molar-refractivity contribution in [2.75, 3.05) is 13.6 Å². The van der Waals surface area contributed by atoms with Gasteiger partial charge in [0.1, 0.15) is 11.5 Å². The number of benzene rings is 1. The van der Waals surface area contributed by atoms with Crippen molar-refractivity contribution >= 4 is 11.8 Å². The second kappa shape index (κ2) is 7.69. The molecule has 1 aliphatic rings. The van der Waals surface area contributed by atoms with E-state index >= 15 is 0 Å². The fraction of sp³-hybridized carbons (Fsp3) is 0.400. The van der Waals surface area contributed by atoms with E-state index in [0.29, 0.717) is 17.9 Å². The second-order valence-corrected chi connectivity index (χ2v) is 7.08. The van der Waals surface area contributed by atoms with Crippen LogP contribution in [0.15, 0.2) is 40.8 Å². The maximum Gasteiger partial charge on any atom is 0.416 e. The van der Waals surface area contributed by atoms with Gasteiger partial charge in [-0.1, -0.05) is 12.1 Å². The van der Waals surface area contributed by atoms with Crippen molar-refractivity contribution in [2.24, 2.45) is 5.92 Å². The van der Waals surface area contributed by atoms with Crippen molar-refractivity contribution in [2.45, 2.75) is 32.6 Å². The van der Waals surface area contributed by atoms with Crippen LogP contribution in [0.25, 0.3) is 0 Å². The van der Waals surface area contributed by atoms with Crippen LogP contribution in [0, 0.1) is 12.8 Å². The molecular weight excluding hydrogens is 373 g/mol. The first-order valence-corrected chi connectivity index (χ1v) is 8.87. The molecule has 0 saturated carbocycles. The molecule has 0 spiro atoms. The highest BCUT2D eigenvalue weighted by molar-refractivity contribution is 5.89. The topological polar surface area (TPSA) is 53.8 Å². The third kappa shape index (κ3) is 4.55. The SMILES string of the molecule is Cc1ccc(CN(C)C(=O)[C@H]2CC(=O)N(Cc3cccc(C(F)(F)F)c3)C2)o1. The number of alkyl halides is 3. The number of nitrogens with zero attached hydrogens (tertiary/aromatic N) is 2. The monoisotopic (exact) mass is 394 g/mol. The molecular formula is C20H21F3N2O3. The first kappa shape index (κ1) is 20.0. The van der Waals surface area contributed by atoms with Gasteiger partial charge in [-0.25, -0.2) is 0 Å². The number of furan rings is 1. The van der Waals surface area contributed by atoms with Crippen LogP contribution in [-0.2, 0) is 28.9 Å². The molecule has 3 rings (SSSR count). The summed E-state index contributed by atoms with van der Waals surface area (Å²) in [4.78, 5) is 27.9. The third-order valence-electron chi connectivity index (χ3n) is 4.76. The number of amides is 2. The molecule has 1 aromatic heterocycles. The van der Waals surface area contributed by atoms with Crippen LogP contribution in [0.1, 0.15) is 29.1 Å².